The predicted octanol–water partition coefficient (Wildman–Crippen LogP) is 4.18. The Balaban J connectivity index is 2.12. The lowest BCUT2D eigenvalue weighted by atomic mass is 9.89. The van der Waals surface area contributed by atoms with Crippen molar-refractivity contribution in [2.75, 3.05) is 13.2 Å². The van der Waals surface area contributed by atoms with Gasteiger partial charge in [-0.15, -0.1) is 11.3 Å². The van der Waals surface area contributed by atoms with Crippen molar-refractivity contribution in [3.05, 3.63) is 21.9 Å². The van der Waals surface area contributed by atoms with E-state index in [1.54, 1.807) is 0 Å². The van der Waals surface area contributed by atoms with Crippen molar-refractivity contribution in [3.63, 3.8) is 0 Å². The lowest BCUT2D eigenvalue weighted by molar-refractivity contribution is -0.0607. The number of thiophene rings is 1. The molecule has 3 heteroatoms. The Morgan fingerprint density at radius 1 is 1.20 bits per heavy atom. The van der Waals surface area contributed by atoms with Crippen LogP contribution in [0, 0.1) is 0 Å². The molecule has 0 aromatic carbocycles. The van der Waals surface area contributed by atoms with Gasteiger partial charge in [0.1, 0.15) is 0 Å². The number of hydrogen-bond acceptors (Lipinski definition) is 3. The highest BCUT2D eigenvalue weighted by Gasteiger charge is 2.41. The third-order valence-corrected chi connectivity index (χ3v) is 5.69. The molecule has 0 amide bonds. The molecule has 0 saturated heterocycles. The van der Waals surface area contributed by atoms with Crippen molar-refractivity contribution in [2.24, 2.45) is 0 Å². The summed E-state index contributed by atoms with van der Waals surface area (Å²) in [6, 6.07) is 5.05. The third kappa shape index (κ3) is 3.63. The summed E-state index contributed by atoms with van der Waals surface area (Å²) in [6.07, 6.45) is 7.31. The van der Waals surface area contributed by atoms with Crippen molar-refractivity contribution in [2.45, 2.75) is 70.9 Å². The number of hydrogen-bond donors (Lipinski definition) is 1. The molecular formula is C17H29NOS. The van der Waals surface area contributed by atoms with E-state index in [0.29, 0.717) is 6.04 Å². The molecule has 0 bridgehead atoms. The maximum Gasteiger partial charge on any atom is 0.0838 e. The zero-order valence-corrected chi connectivity index (χ0v) is 14.0. The number of nitrogens with one attached hydrogen (secondary N) is 1. The molecule has 0 spiro atoms. The van der Waals surface area contributed by atoms with Crippen LogP contribution in [0.5, 0.6) is 0 Å². The van der Waals surface area contributed by atoms with Gasteiger partial charge in [0.15, 0.2) is 0 Å². The van der Waals surface area contributed by atoms with Gasteiger partial charge in [0.2, 0.25) is 0 Å². The Morgan fingerprint density at radius 2 is 1.90 bits per heavy atom. The standard InChI is InChI=1S/C17H29NOS/c1-4-14-9-10-15(20-14)13-16(18-5-2)17(19-6-3)11-7-8-12-17/h9-10,16,18H,4-8,11-13H2,1-3H3. The summed E-state index contributed by atoms with van der Waals surface area (Å²) >= 11 is 1.97. The minimum absolute atomic E-state index is 0.0706. The summed E-state index contributed by atoms with van der Waals surface area (Å²) in [5.41, 5.74) is 0.0706. The normalized spacial score (nSPS) is 19.4. The molecule has 1 aliphatic carbocycles. The minimum atomic E-state index is 0.0706. The van der Waals surface area contributed by atoms with Gasteiger partial charge in [0, 0.05) is 22.4 Å². The van der Waals surface area contributed by atoms with Crippen LogP contribution in [0.1, 0.15) is 56.2 Å². The first-order valence-corrected chi connectivity index (χ1v) is 9.00. The molecule has 1 heterocycles. The fraction of sp³-hybridized carbons (Fsp3) is 0.765. The fourth-order valence-corrected chi connectivity index (χ4v) is 4.47. The molecule has 2 nitrogen and oxygen atoms in total. The van der Waals surface area contributed by atoms with Crippen LogP contribution in [0.25, 0.3) is 0 Å². The van der Waals surface area contributed by atoms with E-state index < -0.39 is 0 Å². The Labute approximate surface area is 127 Å². The summed E-state index contributed by atoms with van der Waals surface area (Å²) in [7, 11) is 0. The maximum atomic E-state index is 6.25. The average Bonchev–Trinajstić information content (AvgIpc) is 3.08. The Kier molecular flexibility index (Phi) is 6.06. The number of ether oxygens (including phenoxy) is 1. The molecule has 20 heavy (non-hydrogen) atoms. The van der Waals surface area contributed by atoms with Crippen molar-refractivity contribution >= 4 is 11.3 Å². The maximum absolute atomic E-state index is 6.25. The van der Waals surface area contributed by atoms with E-state index in [4.69, 9.17) is 4.74 Å². The Hall–Kier alpha value is -0.380. The van der Waals surface area contributed by atoms with E-state index in [9.17, 15) is 0 Å². The molecule has 1 aromatic heterocycles. The topological polar surface area (TPSA) is 21.3 Å². The fourth-order valence-electron chi connectivity index (χ4n) is 3.47. The SMILES string of the molecule is CCNC(Cc1ccc(CC)s1)C1(OCC)CCCC1. The van der Waals surface area contributed by atoms with Crippen LogP contribution >= 0.6 is 11.3 Å². The lowest BCUT2D eigenvalue weighted by Crippen LogP contribution is -2.52. The molecule has 0 radical (unpaired) electrons. The van der Waals surface area contributed by atoms with Gasteiger partial charge in [-0.05, 0) is 51.3 Å². The van der Waals surface area contributed by atoms with Crippen molar-refractivity contribution in [3.8, 4) is 0 Å². The van der Waals surface area contributed by atoms with Crippen LogP contribution in [0.2, 0.25) is 0 Å². The lowest BCUT2D eigenvalue weighted by Gasteiger charge is -2.38. The van der Waals surface area contributed by atoms with Crippen LogP contribution in [0.15, 0.2) is 12.1 Å². The van der Waals surface area contributed by atoms with E-state index in [0.717, 1.165) is 26.0 Å². The summed E-state index contributed by atoms with van der Waals surface area (Å²) in [4.78, 5) is 2.99. The average molecular weight is 295 g/mol. The number of likely N-dealkylation sites (N-methyl/N-ethyl adjacent to an activating group) is 1. The second kappa shape index (κ2) is 7.58. The van der Waals surface area contributed by atoms with Crippen LogP contribution in [-0.2, 0) is 17.6 Å². The number of aryl methyl sites for hydroxylation is 1. The number of rotatable bonds is 8. The summed E-state index contributed by atoms with van der Waals surface area (Å²) in [5, 5.41) is 3.71. The molecule has 0 aliphatic heterocycles. The minimum Gasteiger partial charge on any atom is -0.374 e. The molecule has 1 aromatic rings. The van der Waals surface area contributed by atoms with E-state index in [1.807, 2.05) is 11.3 Å². The summed E-state index contributed by atoms with van der Waals surface area (Å²) in [6.45, 7) is 8.41. The Morgan fingerprint density at radius 3 is 2.45 bits per heavy atom. The van der Waals surface area contributed by atoms with Gasteiger partial charge in [0.05, 0.1) is 5.60 Å². The van der Waals surface area contributed by atoms with Gasteiger partial charge in [-0.25, -0.2) is 0 Å². The largest absolute Gasteiger partial charge is 0.374 e. The quantitative estimate of drug-likeness (QED) is 0.777. The van der Waals surface area contributed by atoms with Crippen molar-refractivity contribution < 1.29 is 4.74 Å². The van der Waals surface area contributed by atoms with Crippen molar-refractivity contribution in [1.82, 2.24) is 5.32 Å². The monoisotopic (exact) mass is 295 g/mol. The van der Waals surface area contributed by atoms with E-state index in [1.165, 1.54) is 35.4 Å². The van der Waals surface area contributed by atoms with Crippen LogP contribution < -0.4 is 5.32 Å². The molecule has 1 aliphatic rings. The zero-order valence-electron chi connectivity index (χ0n) is 13.2. The molecular weight excluding hydrogens is 266 g/mol. The smallest absolute Gasteiger partial charge is 0.0838 e. The third-order valence-electron chi connectivity index (χ3n) is 4.44. The molecule has 1 atom stereocenters. The van der Waals surface area contributed by atoms with E-state index in [-0.39, 0.29) is 5.60 Å². The second-order valence-corrected chi connectivity index (χ2v) is 6.99. The van der Waals surface area contributed by atoms with Crippen LogP contribution in [-0.4, -0.2) is 24.8 Å². The first-order valence-electron chi connectivity index (χ1n) is 8.19. The van der Waals surface area contributed by atoms with Gasteiger partial charge in [-0.1, -0.05) is 26.7 Å². The van der Waals surface area contributed by atoms with Gasteiger partial charge in [0.25, 0.3) is 0 Å². The first kappa shape index (κ1) is 16.0. The highest BCUT2D eigenvalue weighted by molar-refractivity contribution is 7.11. The summed E-state index contributed by atoms with van der Waals surface area (Å²) in [5.74, 6) is 0. The van der Waals surface area contributed by atoms with E-state index in [2.05, 4.69) is 38.2 Å². The second-order valence-electron chi connectivity index (χ2n) is 5.74. The van der Waals surface area contributed by atoms with E-state index >= 15 is 0 Å². The van der Waals surface area contributed by atoms with Crippen molar-refractivity contribution in [1.29, 1.82) is 0 Å². The molecule has 1 saturated carbocycles. The predicted molar refractivity (Wildman–Crippen MR) is 87.7 cm³/mol. The summed E-state index contributed by atoms with van der Waals surface area (Å²) < 4.78 is 6.25. The van der Waals surface area contributed by atoms with Gasteiger partial charge >= 0.3 is 0 Å². The molecule has 1 N–H and O–H groups in total. The Bertz CT molecular complexity index is 395. The highest BCUT2D eigenvalue weighted by Crippen LogP contribution is 2.38. The van der Waals surface area contributed by atoms with Crippen LogP contribution in [0.3, 0.4) is 0 Å². The zero-order chi connectivity index (χ0) is 14.4. The molecule has 2 rings (SSSR count). The molecule has 1 fully saturated rings. The van der Waals surface area contributed by atoms with Gasteiger partial charge in [-0.2, -0.15) is 0 Å². The molecule has 114 valence electrons. The van der Waals surface area contributed by atoms with Gasteiger partial charge < -0.3 is 10.1 Å². The highest BCUT2D eigenvalue weighted by atomic mass is 32.1. The molecule has 1 unspecified atom stereocenters. The first-order chi connectivity index (χ1) is 9.74. The van der Waals surface area contributed by atoms with Crippen LogP contribution in [0.4, 0.5) is 0 Å². The van der Waals surface area contributed by atoms with Gasteiger partial charge in [-0.3, -0.25) is 0 Å².